The molecule has 6 nitrogen and oxygen atoms in total. The highest BCUT2D eigenvalue weighted by Gasteiger charge is 2.24. The molecule has 9 heteroatoms. The first-order chi connectivity index (χ1) is 16.3. The van der Waals surface area contributed by atoms with Crippen molar-refractivity contribution in [2.24, 2.45) is 0 Å². The third-order valence-corrected chi connectivity index (χ3v) is 6.62. The Morgan fingerprint density at radius 1 is 1.15 bits per heavy atom. The number of hydrogen-bond acceptors (Lipinski definition) is 5. The topological polar surface area (TPSA) is 75.3 Å². The number of hydrogen-bond donors (Lipinski definition) is 0. The number of thiazole rings is 1. The molecule has 0 saturated carbocycles. The van der Waals surface area contributed by atoms with Gasteiger partial charge < -0.3 is 9.64 Å². The number of ether oxygens (including phenoxy) is 1. The van der Waals surface area contributed by atoms with Crippen molar-refractivity contribution in [1.29, 1.82) is 5.26 Å². The molecule has 34 heavy (non-hydrogen) atoms. The van der Waals surface area contributed by atoms with Gasteiger partial charge in [0.05, 0.1) is 23.4 Å². The van der Waals surface area contributed by atoms with Crippen LogP contribution in [-0.2, 0) is 9.53 Å². The van der Waals surface area contributed by atoms with Crippen molar-refractivity contribution >= 4 is 28.9 Å². The van der Waals surface area contributed by atoms with E-state index in [9.17, 15) is 23.6 Å². The van der Waals surface area contributed by atoms with Crippen LogP contribution in [0.5, 0.6) is 0 Å². The first-order valence-electron chi connectivity index (χ1n) is 10.6. The summed E-state index contributed by atoms with van der Waals surface area (Å²) in [5.41, 5.74) is 1.65. The standard InChI is InChI=1S/C25H21F2N3O3S/c1-15-3-4-17(16(2)11-15)12-22-24(32)30(21-6-5-18(26)13-20(21)27)25(34-22)19(14-28)23(31)29-7-9-33-10-8-29/h3-6,11-13H,7-10H2,1-2H3/b22-12-,25-19-. The monoisotopic (exact) mass is 481 g/mol. The van der Waals surface area contributed by atoms with Crippen LogP contribution in [0.25, 0.3) is 17.3 Å². The maximum atomic E-state index is 14.8. The predicted octanol–water partition coefficient (Wildman–Crippen LogP) is 2.16. The zero-order valence-corrected chi connectivity index (χ0v) is 19.4. The van der Waals surface area contributed by atoms with Gasteiger partial charge in [-0.1, -0.05) is 23.8 Å². The Hall–Kier alpha value is -3.61. The van der Waals surface area contributed by atoms with Crippen molar-refractivity contribution in [2.75, 3.05) is 26.3 Å². The van der Waals surface area contributed by atoms with E-state index >= 15 is 0 Å². The van der Waals surface area contributed by atoms with Crippen LogP contribution in [0.15, 0.2) is 41.2 Å². The largest absolute Gasteiger partial charge is 0.378 e. The first-order valence-corrected chi connectivity index (χ1v) is 11.4. The molecule has 0 aliphatic carbocycles. The van der Waals surface area contributed by atoms with Gasteiger partial charge in [0.1, 0.15) is 22.4 Å². The van der Waals surface area contributed by atoms with Crippen LogP contribution >= 0.6 is 11.3 Å². The summed E-state index contributed by atoms with van der Waals surface area (Å²) in [5, 5.41) is 9.89. The number of carbonyl (C=O) groups is 1. The van der Waals surface area contributed by atoms with Gasteiger partial charge >= 0.3 is 0 Å². The van der Waals surface area contributed by atoms with E-state index in [1.165, 1.54) is 4.90 Å². The van der Waals surface area contributed by atoms with E-state index in [1.807, 2.05) is 38.1 Å². The molecule has 0 atom stereocenters. The second-order valence-electron chi connectivity index (χ2n) is 7.90. The van der Waals surface area contributed by atoms with Crippen molar-refractivity contribution in [3.05, 3.63) is 84.3 Å². The van der Waals surface area contributed by atoms with Gasteiger partial charge in [-0.3, -0.25) is 14.2 Å². The molecule has 0 N–H and O–H groups in total. The summed E-state index contributed by atoms with van der Waals surface area (Å²) < 4.78 is 34.8. The second-order valence-corrected chi connectivity index (χ2v) is 8.93. The van der Waals surface area contributed by atoms with Crippen molar-refractivity contribution < 1.29 is 18.3 Å². The summed E-state index contributed by atoms with van der Waals surface area (Å²) in [4.78, 5) is 28.1. The maximum absolute atomic E-state index is 14.8. The van der Waals surface area contributed by atoms with E-state index in [4.69, 9.17) is 4.74 Å². The van der Waals surface area contributed by atoms with E-state index < -0.39 is 23.1 Å². The Morgan fingerprint density at radius 2 is 1.88 bits per heavy atom. The van der Waals surface area contributed by atoms with Crippen molar-refractivity contribution in [1.82, 2.24) is 9.47 Å². The van der Waals surface area contributed by atoms with Gasteiger partial charge in [-0.2, -0.15) is 5.26 Å². The van der Waals surface area contributed by atoms with Gasteiger partial charge in [0.25, 0.3) is 11.5 Å². The molecule has 0 unspecified atom stereocenters. The van der Waals surface area contributed by atoms with Crippen LogP contribution in [0, 0.1) is 36.8 Å². The van der Waals surface area contributed by atoms with E-state index in [1.54, 1.807) is 6.08 Å². The molecule has 2 aromatic carbocycles. The molecule has 1 saturated heterocycles. The normalized spacial score (nSPS) is 15.3. The molecule has 1 amide bonds. The smallest absolute Gasteiger partial charge is 0.273 e. The minimum absolute atomic E-state index is 0.00878. The van der Waals surface area contributed by atoms with Crippen LogP contribution in [0.2, 0.25) is 0 Å². The fourth-order valence-corrected chi connectivity index (χ4v) is 4.85. The number of nitriles is 1. The van der Waals surface area contributed by atoms with Gasteiger partial charge in [0, 0.05) is 19.2 Å². The quantitative estimate of drug-likeness (QED) is 0.575. The molecule has 1 fully saturated rings. The number of carbonyl (C=O) groups excluding carboxylic acids is 1. The molecule has 2 heterocycles. The van der Waals surface area contributed by atoms with E-state index in [0.717, 1.165) is 44.7 Å². The van der Waals surface area contributed by atoms with Gasteiger partial charge in [-0.15, -0.1) is 11.3 Å². The lowest BCUT2D eigenvalue weighted by molar-refractivity contribution is -0.128. The number of amides is 1. The molecule has 4 rings (SSSR count). The van der Waals surface area contributed by atoms with Crippen molar-refractivity contribution in [2.45, 2.75) is 13.8 Å². The molecule has 174 valence electrons. The fourth-order valence-electron chi connectivity index (χ4n) is 3.77. The molecular weight excluding hydrogens is 460 g/mol. The van der Waals surface area contributed by atoms with Gasteiger partial charge in [0.2, 0.25) is 0 Å². The summed E-state index contributed by atoms with van der Waals surface area (Å²) in [7, 11) is 0. The zero-order chi connectivity index (χ0) is 24.4. The van der Waals surface area contributed by atoms with Gasteiger partial charge in [0.15, 0.2) is 5.57 Å². The SMILES string of the molecule is Cc1ccc(/C=c2\s/c(=C(/C#N)C(=O)N3CCOCC3)n(-c3ccc(F)cc3F)c2=O)c(C)c1. The third-order valence-electron chi connectivity index (χ3n) is 5.52. The highest BCUT2D eigenvalue weighted by Crippen LogP contribution is 2.14. The zero-order valence-electron chi connectivity index (χ0n) is 18.6. The highest BCUT2D eigenvalue weighted by atomic mass is 32.1. The first kappa shape index (κ1) is 23.5. The Bertz CT molecular complexity index is 1500. The van der Waals surface area contributed by atoms with Crippen molar-refractivity contribution in [3.8, 4) is 11.8 Å². The lowest BCUT2D eigenvalue weighted by Gasteiger charge is -2.26. The Labute approximate surface area is 198 Å². The maximum Gasteiger partial charge on any atom is 0.273 e. The number of morpholine rings is 1. The van der Waals surface area contributed by atoms with Crippen molar-refractivity contribution in [3.63, 3.8) is 0 Å². The summed E-state index contributed by atoms with van der Waals surface area (Å²) in [5.74, 6) is -2.35. The lowest BCUT2D eigenvalue weighted by Crippen LogP contribution is -2.42. The van der Waals surface area contributed by atoms with E-state index in [-0.39, 0.29) is 20.5 Å². The average molecular weight is 482 g/mol. The minimum Gasteiger partial charge on any atom is -0.378 e. The summed E-state index contributed by atoms with van der Waals surface area (Å²) in [6.45, 7) is 5.12. The number of aromatic nitrogens is 1. The number of rotatable bonds is 3. The number of aryl methyl sites for hydroxylation is 2. The molecule has 3 aromatic rings. The Balaban J connectivity index is 2.03. The molecule has 1 aromatic heterocycles. The molecule has 1 aliphatic heterocycles. The van der Waals surface area contributed by atoms with Crippen LogP contribution in [0.1, 0.15) is 16.7 Å². The second kappa shape index (κ2) is 9.71. The molecule has 0 bridgehead atoms. The Kier molecular flexibility index (Phi) is 6.72. The number of halogens is 2. The van der Waals surface area contributed by atoms with E-state index in [0.29, 0.717) is 32.4 Å². The third kappa shape index (κ3) is 4.55. The van der Waals surface area contributed by atoms with E-state index in [2.05, 4.69) is 0 Å². The molecule has 0 radical (unpaired) electrons. The average Bonchev–Trinajstić information content (AvgIpc) is 3.12. The predicted molar refractivity (Wildman–Crippen MR) is 125 cm³/mol. The minimum atomic E-state index is -0.977. The van der Waals surface area contributed by atoms with Crippen LogP contribution in [0.3, 0.4) is 0 Å². The van der Waals surface area contributed by atoms with Gasteiger partial charge in [-0.25, -0.2) is 8.78 Å². The fraction of sp³-hybridized carbons (Fsp3) is 0.240. The highest BCUT2D eigenvalue weighted by molar-refractivity contribution is 7.07. The van der Waals surface area contributed by atoms with Crippen LogP contribution in [0.4, 0.5) is 8.78 Å². The van der Waals surface area contributed by atoms with Crippen LogP contribution < -0.4 is 14.8 Å². The summed E-state index contributed by atoms with van der Waals surface area (Å²) >= 11 is 0.923. The Morgan fingerprint density at radius 3 is 2.53 bits per heavy atom. The summed E-state index contributed by atoms with van der Waals surface area (Å²) in [6, 6.07) is 10.4. The van der Waals surface area contributed by atoms with Crippen LogP contribution in [-0.4, -0.2) is 41.7 Å². The number of benzene rings is 2. The molecular formula is C25H21F2N3O3S. The molecule has 1 aliphatic rings. The summed E-state index contributed by atoms with van der Waals surface area (Å²) in [6.07, 6.45) is 1.65. The lowest BCUT2D eigenvalue weighted by atomic mass is 10.1. The van der Waals surface area contributed by atoms with Gasteiger partial charge in [-0.05, 0) is 43.2 Å². The molecule has 0 spiro atoms. The number of nitrogens with zero attached hydrogens (tertiary/aromatic N) is 3.